The van der Waals surface area contributed by atoms with Gasteiger partial charge in [0.1, 0.15) is 17.2 Å². The molecule has 1 saturated heterocycles. The molecule has 1 atom stereocenters. The Morgan fingerprint density at radius 2 is 1.97 bits per heavy atom. The number of rotatable bonds is 5. The van der Waals surface area contributed by atoms with Crippen molar-refractivity contribution >= 4 is 23.3 Å². The average Bonchev–Trinajstić information content (AvgIpc) is 3.33. The van der Waals surface area contributed by atoms with Crippen LogP contribution in [0.15, 0.2) is 48.7 Å². The average molecular weight is 463 g/mol. The first-order chi connectivity index (χ1) is 16.5. The van der Waals surface area contributed by atoms with Crippen LogP contribution in [-0.4, -0.2) is 46.6 Å². The van der Waals surface area contributed by atoms with Gasteiger partial charge in [-0.25, -0.2) is 14.4 Å². The van der Waals surface area contributed by atoms with Gasteiger partial charge in [0, 0.05) is 24.8 Å². The van der Waals surface area contributed by atoms with Crippen molar-refractivity contribution in [3.8, 4) is 22.9 Å². The van der Waals surface area contributed by atoms with E-state index in [0.29, 0.717) is 42.3 Å². The molecule has 10 heteroatoms. The number of ether oxygens (including phenoxy) is 2. The molecule has 0 unspecified atom stereocenters. The second-order valence-electron chi connectivity index (χ2n) is 8.12. The number of fused-ring (bicyclic) bond motifs is 1. The number of amides is 2. The van der Waals surface area contributed by atoms with Crippen LogP contribution >= 0.6 is 0 Å². The maximum atomic E-state index is 14.4. The quantitative estimate of drug-likeness (QED) is 0.597. The highest BCUT2D eigenvalue weighted by atomic mass is 19.1. The van der Waals surface area contributed by atoms with E-state index in [1.165, 1.54) is 12.3 Å². The van der Waals surface area contributed by atoms with Crippen molar-refractivity contribution in [3.05, 3.63) is 60.0 Å². The molecule has 1 aromatic heterocycles. The van der Waals surface area contributed by atoms with E-state index in [-0.39, 0.29) is 36.3 Å². The van der Waals surface area contributed by atoms with Crippen LogP contribution in [0.4, 0.5) is 15.9 Å². The number of primary amides is 1. The molecule has 3 aromatic rings. The van der Waals surface area contributed by atoms with Crippen LogP contribution in [0.1, 0.15) is 23.2 Å². The summed E-state index contributed by atoms with van der Waals surface area (Å²) in [6.45, 7) is 0.832. The van der Waals surface area contributed by atoms with E-state index < -0.39 is 17.6 Å². The SMILES string of the molecule is NC(=O)[C@@H]1CCCN(C(=O)c2cnc(-c3ccc4c(c3)OCO4)nc2Nc2ccccc2F)C1. The minimum Gasteiger partial charge on any atom is -0.454 e. The van der Waals surface area contributed by atoms with Gasteiger partial charge in [0.15, 0.2) is 17.3 Å². The standard InChI is InChI=1S/C24H22FN5O4/c25-17-5-1-2-6-18(17)28-23-16(24(32)30-9-3-4-15(12-30)21(26)31)11-27-22(29-23)14-7-8-19-20(10-14)34-13-33-19/h1-2,5-8,10-11,15H,3-4,9,12-13H2,(H2,26,31)(H,27,28,29)/t15-/m1/s1. The second kappa shape index (κ2) is 8.97. The molecule has 2 aliphatic heterocycles. The molecular formula is C24H22FN5O4. The molecule has 1 fully saturated rings. The first kappa shape index (κ1) is 21.6. The summed E-state index contributed by atoms with van der Waals surface area (Å²) in [5, 5.41) is 2.94. The monoisotopic (exact) mass is 463 g/mol. The number of anilines is 2. The molecule has 0 bridgehead atoms. The Morgan fingerprint density at radius 1 is 1.15 bits per heavy atom. The lowest BCUT2D eigenvalue weighted by atomic mass is 9.97. The zero-order valence-corrected chi connectivity index (χ0v) is 18.2. The van der Waals surface area contributed by atoms with E-state index in [0.717, 1.165) is 0 Å². The van der Waals surface area contributed by atoms with E-state index in [9.17, 15) is 14.0 Å². The first-order valence-electron chi connectivity index (χ1n) is 10.9. The largest absolute Gasteiger partial charge is 0.454 e. The zero-order chi connectivity index (χ0) is 23.7. The number of carbonyl (C=O) groups is 2. The number of para-hydroxylation sites is 1. The number of likely N-dealkylation sites (tertiary alicyclic amines) is 1. The summed E-state index contributed by atoms with van der Waals surface area (Å²) in [5.74, 6) is -0.0320. The van der Waals surface area contributed by atoms with Crippen LogP contribution in [0, 0.1) is 11.7 Å². The Balaban J connectivity index is 1.52. The molecule has 174 valence electrons. The first-order valence-corrected chi connectivity index (χ1v) is 10.9. The lowest BCUT2D eigenvalue weighted by Gasteiger charge is -2.31. The van der Waals surface area contributed by atoms with Gasteiger partial charge in [0.25, 0.3) is 5.91 Å². The summed E-state index contributed by atoms with van der Waals surface area (Å²) in [6, 6.07) is 11.4. The van der Waals surface area contributed by atoms with Gasteiger partial charge in [-0.1, -0.05) is 12.1 Å². The van der Waals surface area contributed by atoms with E-state index in [4.69, 9.17) is 15.2 Å². The van der Waals surface area contributed by atoms with Crippen molar-refractivity contribution in [2.24, 2.45) is 11.7 Å². The van der Waals surface area contributed by atoms with Crippen LogP contribution in [0.3, 0.4) is 0 Å². The van der Waals surface area contributed by atoms with Crippen LogP contribution in [0.2, 0.25) is 0 Å². The minimum absolute atomic E-state index is 0.134. The fraction of sp³-hybridized carbons (Fsp3) is 0.250. The third kappa shape index (κ3) is 4.21. The molecule has 0 spiro atoms. The number of nitrogens with zero attached hydrogens (tertiary/aromatic N) is 3. The molecule has 0 radical (unpaired) electrons. The molecule has 3 N–H and O–H groups in total. The highest BCUT2D eigenvalue weighted by Gasteiger charge is 2.29. The molecule has 2 amide bonds. The number of piperidine rings is 1. The highest BCUT2D eigenvalue weighted by molar-refractivity contribution is 5.99. The summed E-state index contributed by atoms with van der Waals surface area (Å²) in [5.41, 5.74) is 6.44. The predicted octanol–water partition coefficient (Wildman–Crippen LogP) is 3.09. The summed E-state index contributed by atoms with van der Waals surface area (Å²) in [7, 11) is 0. The maximum absolute atomic E-state index is 14.4. The smallest absolute Gasteiger partial charge is 0.259 e. The van der Waals surface area contributed by atoms with Crippen LogP contribution in [-0.2, 0) is 4.79 Å². The normalized spacial score (nSPS) is 16.9. The number of nitrogens with two attached hydrogens (primary N) is 1. The van der Waals surface area contributed by atoms with Crippen LogP contribution in [0.25, 0.3) is 11.4 Å². The number of halogens is 1. The van der Waals surface area contributed by atoms with Gasteiger partial charge in [0.05, 0.1) is 11.6 Å². The maximum Gasteiger partial charge on any atom is 0.259 e. The molecule has 2 aromatic carbocycles. The lowest BCUT2D eigenvalue weighted by molar-refractivity contribution is -0.123. The summed E-state index contributed by atoms with van der Waals surface area (Å²) < 4.78 is 25.2. The van der Waals surface area contributed by atoms with Gasteiger partial charge in [-0.3, -0.25) is 9.59 Å². The highest BCUT2D eigenvalue weighted by Crippen LogP contribution is 2.35. The van der Waals surface area contributed by atoms with E-state index >= 15 is 0 Å². The summed E-state index contributed by atoms with van der Waals surface area (Å²) in [6.07, 6.45) is 2.71. The van der Waals surface area contributed by atoms with Gasteiger partial charge >= 0.3 is 0 Å². The Bertz CT molecular complexity index is 1270. The fourth-order valence-electron chi connectivity index (χ4n) is 4.06. The molecular weight excluding hydrogens is 441 g/mol. The van der Waals surface area contributed by atoms with Gasteiger partial charge in [-0.15, -0.1) is 0 Å². The topological polar surface area (TPSA) is 120 Å². The number of hydrogen-bond donors (Lipinski definition) is 2. The number of hydrogen-bond acceptors (Lipinski definition) is 7. The molecule has 34 heavy (non-hydrogen) atoms. The van der Waals surface area contributed by atoms with Gasteiger partial charge in [0.2, 0.25) is 12.7 Å². The number of aromatic nitrogens is 2. The van der Waals surface area contributed by atoms with Crippen molar-refractivity contribution in [1.29, 1.82) is 0 Å². The van der Waals surface area contributed by atoms with Crippen molar-refractivity contribution in [3.63, 3.8) is 0 Å². The fourth-order valence-corrected chi connectivity index (χ4v) is 4.06. The Hall–Kier alpha value is -4.21. The second-order valence-corrected chi connectivity index (χ2v) is 8.12. The number of nitrogens with one attached hydrogen (secondary N) is 1. The third-order valence-corrected chi connectivity index (χ3v) is 5.89. The Kier molecular flexibility index (Phi) is 5.70. The lowest BCUT2D eigenvalue weighted by Crippen LogP contribution is -2.44. The van der Waals surface area contributed by atoms with Crippen molar-refractivity contribution in [1.82, 2.24) is 14.9 Å². The predicted molar refractivity (Wildman–Crippen MR) is 121 cm³/mol. The molecule has 0 aliphatic carbocycles. The van der Waals surface area contributed by atoms with Gasteiger partial charge < -0.3 is 25.4 Å². The summed E-state index contributed by atoms with van der Waals surface area (Å²) >= 11 is 0. The van der Waals surface area contributed by atoms with Gasteiger partial charge in [-0.2, -0.15) is 0 Å². The number of benzene rings is 2. The van der Waals surface area contributed by atoms with E-state index in [2.05, 4.69) is 15.3 Å². The summed E-state index contributed by atoms with van der Waals surface area (Å²) in [4.78, 5) is 35.6. The molecule has 5 rings (SSSR count). The molecule has 2 aliphatic rings. The van der Waals surface area contributed by atoms with Crippen molar-refractivity contribution in [2.75, 3.05) is 25.2 Å². The van der Waals surface area contributed by atoms with Crippen LogP contribution < -0.4 is 20.5 Å². The van der Waals surface area contributed by atoms with E-state index in [1.807, 2.05) is 0 Å². The van der Waals surface area contributed by atoms with E-state index in [1.54, 1.807) is 41.3 Å². The Labute approximate surface area is 194 Å². The minimum atomic E-state index is -0.490. The third-order valence-electron chi connectivity index (χ3n) is 5.89. The van der Waals surface area contributed by atoms with Crippen molar-refractivity contribution in [2.45, 2.75) is 12.8 Å². The Morgan fingerprint density at radius 3 is 2.79 bits per heavy atom. The van der Waals surface area contributed by atoms with Crippen LogP contribution in [0.5, 0.6) is 11.5 Å². The zero-order valence-electron chi connectivity index (χ0n) is 18.2. The number of carbonyl (C=O) groups excluding carboxylic acids is 2. The molecule has 9 nitrogen and oxygen atoms in total. The van der Waals surface area contributed by atoms with Crippen molar-refractivity contribution < 1.29 is 23.5 Å². The molecule has 0 saturated carbocycles. The van der Waals surface area contributed by atoms with Gasteiger partial charge in [-0.05, 0) is 43.2 Å². The molecule has 3 heterocycles.